The summed E-state index contributed by atoms with van der Waals surface area (Å²) in [5.41, 5.74) is 6.76. The van der Waals surface area contributed by atoms with Crippen LogP contribution in [0.4, 0.5) is 16.3 Å². The highest BCUT2D eigenvalue weighted by molar-refractivity contribution is 7.15. The first-order valence-corrected chi connectivity index (χ1v) is 10.7. The van der Waals surface area contributed by atoms with E-state index in [1.54, 1.807) is 23.5 Å². The Morgan fingerprint density at radius 1 is 1.00 bits per heavy atom. The zero-order valence-electron chi connectivity index (χ0n) is 17.3. The summed E-state index contributed by atoms with van der Waals surface area (Å²) in [6.45, 7) is 5.44. The molecular weight excluding hydrogens is 401 g/mol. The van der Waals surface area contributed by atoms with E-state index in [0.29, 0.717) is 18.3 Å². The van der Waals surface area contributed by atoms with Crippen molar-refractivity contribution in [2.45, 2.75) is 13.1 Å². The molecule has 1 aromatic carbocycles. The molecule has 3 aromatic rings. The van der Waals surface area contributed by atoms with Crippen molar-refractivity contribution >= 4 is 23.2 Å². The predicted octanol–water partition coefficient (Wildman–Crippen LogP) is 2.71. The lowest BCUT2D eigenvalue weighted by Crippen LogP contribution is -2.45. The van der Waals surface area contributed by atoms with Crippen molar-refractivity contribution in [2.24, 2.45) is 0 Å². The van der Waals surface area contributed by atoms with Crippen LogP contribution in [0.1, 0.15) is 10.7 Å². The number of anilines is 2. The lowest BCUT2D eigenvalue weighted by Gasteiger charge is -2.34. The molecule has 4 rings (SSSR count). The van der Waals surface area contributed by atoms with Crippen LogP contribution in [-0.2, 0) is 13.1 Å². The monoisotopic (exact) mass is 427 g/mol. The first kappa shape index (κ1) is 20.6. The zero-order valence-corrected chi connectivity index (χ0v) is 18.1. The van der Waals surface area contributed by atoms with Gasteiger partial charge in [0, 0.05) is 56.6 Å². The molecule has 30 heavy (non-hydrogen) atoms. The number of halogens is 1. The van der Waals surface area contributed by atoms with Crippen LogP contribution >= 0.6 is 11.3 Å². The smallest absolute Gasteiger partial charge is 0.229 e. The second kappa shape index (κ2) is 9.03. The fraction of sp³-hybridized carbons (Fsp3) is 0.381. The van der Waals surface area contributed by atoms with E-state index in [1.165, 1.54) is 10.9 Å². The molecule has 0 bridgehead atoms. The molecule has 1 fully saturated rings. The van der Waals surface area contributed by atoms with E-state index in [0.717, 1.165) is 43.2 Å². The molecule has 0 spiro atoms. The van der Waals surface area contributed by atoms with Gasteiger partial charge in [-0.15, -0.1) is 11.3 Å². The molecule has 3 heterocycles. The Hall–Kier alpha value is -2.62. The van der Waals surface area contributed by atoms with Crippen molar-refractivity contribution < 1.29 is 4.39 Å². The summed E-state index contributed by atoms with van der Waals surface area (Å²) in [5.74, 6) is 1.35. The van der Waals surface area contributed by atoms with Gasteiger partial charge >= 0.3 is 0 Å². The Labute approximate surface area is 180 Å². The van der Waals surface area contributed by atoms with Crippen LogP contribution in [0.15, 0.2) is 36.4 Å². The van der Waals surface area contributed by atoms with Crippen molar-refractivity contribution in [3.8, 4) is 10.4 Å². The largest absolute Gasteiger partial charge is 0.368 e. The van der Waals surface area contributed by atoms with Crippen molar-refractivity contribution in [1.82, 2.24) is 24.8 Å². The van der Waals surface area contributed by atoms with Gasteiger partial charge in [0.2, 0.25) is 11.9 Å². The summed E-state index contributed by atoms with van der Waals surface area (Å²) < 4.78 is 13.5. The van der Waals surface area contributed by atoms with Gasteiger partial charge in [-0.25, -0.2) is 4.39 Å². The number of benzene rings is 1. The number of nitrogens with two attached hydrogens (primary N) is 1. The predicted molar refractivity (Wildman–Crippen MR) is 119 cm³/mol. The number of nitrogens with zero attached hydrogens (tertiary/aromatic N) is 6. The number of nitrogen functional groups attached to an aromatic ring is 1. The maximum Gasteiger partial charge on any atom is 0.229 e. The topological polar surface area (TPSA) is 74.4 Å². The Balaban J connectivity index is 1.31. The van der Waals surface area contributed by atoms with Crippen molar-refractivity contribution in [1.29, 1.82) is 0 Å². The minimum Gasteiger partial charge on any atom is -0.368 e. The Morgan fingerprint density at radius 3 is 2.43 bits per heavy atom. The lowest BCUT2D eigenvalue weighted by atomic mass is 10.2. The summed E-state index contributed by atoms with van der Waals surface area (Å²) in [4.78, 5) is 22.0. The first-order chi connectivity index (χ1) is 14.5. The van der Waals surface area contributed by atoms with Crippen LogP contribution in [0.5, 0.6) is 0 Å². The van der Waals surface area contributed by atoms with Gasteiger partial charge < -0.3 is 10.6 Å². The third-order valence-corrected chi connectivity index (χ3v) is 6.19. The highest BCUT2D eigenvalue weighted by Crippen LogP contribution is 2.29. The van der Waals surface area contributed by atoms with Crippen molar-refractivity contribution in [2.75, 3.05) is 50.9 Å². The number of rotatable bonds is 6. The van der Waals surface area contributed by atoms with Gasteiger partial charge in [0.25, 0.3) is 0 Å². The Kier molecular flexibility index (Phi) is 6.21. The molecule has 1 aliphatic heterocycles. The zero-order chi connectivity index (χ0) is 21.1. The second-order valence-corrected chi connectivity index (χ2v) is 8.80. The Bertz CT molecular complexity index is 999. The van der Waals surface area contributed by atoms with Gasteiger partial charge in [0.1, 0.15) is 11.6 Å². The SMILES string of the molecule is CN(C)c1nc(N)nc(CN2CCN(Cc3ccc(-c4cccc(F)c4)s3)CC2)n1. The molecule has 2 N–H and O–H groups in total. The minimum atomic E-state index is -0.198. The molecule has 7 nitrogen and oxygen atoms in total. The maximum absolute atomic E-state index is 13.5. The van der Waals surface area contributed by atoms with Crippen molar-refractivity contribution in [3.05, 3.63) is 52.9 Å². The molecule has 0 saturated carbocycles. The number of piperazine rings is 1. The van der Waals surface area contributed by atoms with Gasteiger partial charge in [-0.3, -0.25) is 9.80 Å². The van der Waals surface area contributed by atoms with Gasteiger partial charge in [-0.2, -0.15) is 15.0 Å². The number of hydrogen-bond donors (Lipinski definition) is 1. The molecule has 0 amide bonds. The molecule has 0 aliphatic carbocycles. The van der Waals surface area contributed by atoms with E-state index in [2.05, 4.69) is 36.9 Å². The van der Waals surface area contributed by atoms with Gasteiger partial charge in [-0.05, 0) is 29.8 Å². The van der Waals surface area contributed by atoms with Crippen molar-refractivity contribution in [3.63, 3.8) is 0 Å². The average Bonchev–Trinajstić information content (AvgIpc) is 3.17. The Morgan fingerprint density at radius 2 is 1.73 bits per heavy atom. The van der Waals surface area contributed by atoms with Gasteiger partial charge in [-0.1, -0.05) is 12.1 Å². The second-order valence-electron chi connectivity index (χ2n) is 7.63. The highest BCUT2D eigenvalue weighted by Gasteiger charge is 2.19. The van der Waals surface area contributed by atoms with Crippen LogP contribution in [0.2, 0.25) is 0 Å². The maximum atomic E-state index is 13.5. The van der Waals surface area contributed by atoms with E-state index in [4.69, 9.17) is 5.73 Å². The fourth-order valence-corrected chi connectivity index (χ4v) is 4.53. The third-order valence-electron chi connectivity index (χ3n) is 5.07. The molecule has 1 saturated heterocycles. The van der Waals surface area contributed by atoms with Crippen LogP contribution in [-0.4, -0.2) is 65.0 Å². The highest BCUT2D eigenvalue weighted by atomic mass is 32.1. The molecule has 158 valence electrons. The van der Waals surface area contributed by atoms with Crippen LogP contribution in [0.3, 0.4) is 0 Å². The van der Waals surface area contributed by atoms with E-state index < -0.39 is 0 Å². The molecule has 2 aromatic heterocycles. The summed E-state index contributed by atoms with van der Waals surface area (Å²) in [6.07, 6.45) is 0. The molecule has 0 radical (unpaired) electrons. The fourth-order valence-electron chi connectivity index (χ4n) is 3.48. The van der Waals surface area contributed by atoms with Crippen LogP contribution < -0.4 is 10.6 Å². The quantitative estimate of drug-likeness (QED) is 0.648. The van der Waals surface area contributed by atoms with E-state index in [1.807, 2.05) is 25.1 Å². The molecule has 1 aliphatic rings. The summed E-state index contributed by atoms with van der Waals surface area (Å²) in [7, 11) is 3.78. The molecular formula is C21H26FN7S. The molecule has 0 atom stereocenters. The standard InChI is InChI=1S/C21H26FN7S/c1-27(2)21-25-19(24-20(23)26-21)14-29-10-8-28(9-11-29)13-17-6-7-18(30-17)15-4-3-5-16(22)12-15/h3-7,12H,8-11,13-14H2,1-2H3,(H2,23,24,25,26). The van der Waals surface area contributed by atoms with Crippen LogP contribution in [0, 0.1) is 5.82 Å². The van der Waals surface area contributed by atoms with Crippen LogP contribution in [0.25, 0.3) is 10.4 Å². The van der Waals surface area contributed by atoms with E-state index >= 15 is 0 Å². The van der Waals surface area contributed by atoms with Gasteiger partial charge in [0.15, 0.2) is 0 Å². The van der Waals surface area contributed by atoms with E-state index in [9.17, 15) is 4.39 Å². The minimum absolute atomic E-state index is 0.198. The first-order valence-electron chi connectivity index (χ1n) is 9.93. The normalized spacial score (nSPS) is 15.4. The van der Waals surface area contributed by atoms with Gasteiger partial charge in [0.05, 0.1) is 6.54 Å². The summed E-state index contributed by atoms with van der Waals surface area (Å²) in [5, 5.41) is 0. The lowest BCUT2D eigenvalue weighted by molar-refractivity contribution is 0.120. The number of aromatic nitrogens is 3. The number of thiophene rings is 1. The average molecular weight is 428 g/mol. The third kappa shape index (κ3) is 5.10. The molecule has 9 heteroatoms. The van der Waals surface area contributed by atoms with E-state index in [-0.39, 0.29) is 11.8 Å². The number of hydrogen-bond acceptors (Lipinski definition) is 8. The molecule has 0 unspecified atom stereocenters. The summed E-state index contributed by atoms with van der Waals surface area (Å²) in [6, 6.07) is 11.0. The summed E-state index contributed by atoms with van der Waals surface area (Å²) >= 11 is 1.73.